The molecule has 0 radical (unpaired) electrons. The van der Waals surface area contributed by atoms with Gasteiger partial charge >= 0.3 is 0 Å². The van der Waals surface area contributed by atoms with Crippen molar-refractivity contribution in [3.05, 3.63) is 35.9 Å². The molecular weight excluding hydrogens is 228 g/mol. The number of carbonyl (C=O) groups excluding carboxylic acids is 2. The fraction of sp³-hybridized carbons (Fsp3) is 0.429. The average molecular weight is 248 g/mol. The number of carbonyl (C=O) groups is 2. The summed E-state index contributed by atoms with van der Waals surface area (Å²) in [5.41, 5.74) is 1.02. The van der Waals surface area contributed by atoms with Gasteiger partial charge in [-0.3, -0.25) is 9.59 Å². The molecule has 18 heavy (non-hydrogen) atoms. The summed E-state index contributed by atoms with van der Waals surface area (Å²) < 4.78 is 0. The molecule has 0 aromatic heterocycles. The minimum absolute atomic E-state index is 0.0186. The van der Waals surface area contributed by atoms with Gasteiger partial charge in [0.25, 0.3) is 0 Å². The van der Waals surface area contributed by atoms with Crippen LogP contribution in [0.1, 0.15) is 25.8 Å². The van der Waals surface area contributed by atoms with Crippen molar-refractivity contribution in [3.8, 4) is 0 Å². The Hall–Kier alpha value is -1.84. The molecule has 98 valence electrons. The van der Waals surface area contributed by atoms with E-state index in [0.29, 0.717) is 13.0 Å². The molecule has 1 aromatic rings. The quantitative estimate of drug-likeness (QED) is 0.859. The lowest BCUT2D eigenvalue weighted by Crippen LogP contribution is -2.46. The monoisotopic (exact) mass is 248 g/mol. The molecule has 0 aliphatic carbocycles. The van der Waals surface area contributed by atoms with Crippen molar-refractivity contribution in [1.29, 1.82) is 0 Å². The highest BCUT2D eigenvalue weighted by molar-refractivity contribution is 5.87. The molecule has 1 N–H and O–H groups in total. The van der Waals surface area contributed by atoms with Gasteiger partial charge in [-0.2, -0.15) is 0 Å². The SMILES string of the molecule is CCC(=O)N(Cc1ccccc1)[C@@H](C)C(=O)NC. The van der Waals surface area contributed by atoms with Crippen molar-refractivity contribution in [1.82, 2.24) is 10.2 Å². The molecule has 0 saturated heterocycles. The third-order valence-electron chi connectivity index (χ3n) is 2.91. The molecule has 0 fully saturated rings. The van der Waals surface area contributed by atoms with Gasteiger partial charge in [-0.1, -0.05) is 37.3 Å². The topological polar surface area (TPSA) is 49.4 Å². The third-order valence-corrected chi connectivity index (χ3v) is 2.91. The maximum Gasteiger partial charge on any atom is 0.242 e. The second kappa shape index (κ2) is 6.79. The summed E-state index contributed by atoms with van der Waals surface area (Å²) >= 11 is 0. The zero-order chi connectivity index (χ0) is 13.5. The Kier molecular flexibility index (Phi) is 5.36. The predicted molar refractivity (Wildman–Crippen MR) is 70.8 cm³/mol. The van der Waals surface area contributed by atoms with Gasteiger partial charge < -0.3 is 10.2 Å². The van der Waals surface area contributed by atoms with E-state index < -0.39 is 6.04 Å². The first-order chi connectivity index (χ1) is 8.60. The summed E-state index contributed by atoms with van der Waals surface area (Å²) in [7, 11) is 1.58. The molecule has 2 amide bonds. The number of benzene rings is 1. The molecule has 0 aliphatic heterocycles. The molecule has 0 saturated carbocycles. The van der Waals surface area contributed by atoms with Gasteiger partial charge in [-0.15, -0.1) is 0 Å². The third kappa shape index (κ3) is 3.58. The number of likely N-dealkylation sites (N-methyl/N-ethyl adjacent to an activating group) is 1. The van der Waals surface area contributed by atoms with Crippen LogP contribution in [-0.4, -0.2) is 29.8 Å². The summed E-state index contributed by atoms with van der Waals surface area (Å²) in [6, 6.07) is 9.22. The molecule has 0 aliphatic rings. The van der Waals surface area contributed by atoms with Crippen molar-refractivity contribution in [2.45, 2.75) is 32.9 Å². The average Bonchev–Trinajstić information content (AvgIpc) is 2.43. The van der Waals surface area contributed by atoms with Gasteiger partial charge in [0.05, 0.1) is 0 Å². The Morgan fingerprint density at radius 2 is 1.89 bits per heavy atom. The maximum absolute atomic E-state index is 11.9. The van der Waals surface area contributed by atoms with Crippen molar-refractivity contribution in [2.75, 3.05) is 7.05 Å². The molecule has 0 bridgehead atoms. The predicted octanol–water partition coefficient (Wildman–Crippen LogP) is 1.56. The number of hydrogen-bond donors (Lipinski definition) is 1. The van der Waals surface area contributed by atoms with Gasteiger partial charge in [-0.25, -0.2) is 0 Å². The minimum Gasteiger partial charge on any atom is -0.357 e. The van der Waals surface area contributed by atoms with E-state index in [-0.39, 0.29) is 11.8 Å². The van der Waals surface area contributed by atoms with Crippen LogP contribution in [-0.2, 0) is 16.1 Å². The summed E-state index contributed by atoms with van der Waals surface area (Å²) in [6.45, 7) is 4.01. The summed E-state index contributed by atoms with van der Waals surface area (Å²) in [6.07, 6.45) is 0.397. The van der Waals surface area contributed by atoms with E-state index in [1.54, 1.807) is 25.8 Å². The highest BCUT2D eigenvalue weighted by atomic mass is 16.2. The van der Waals surface area contributed by atoms with Crippen LogP contribution in [0.2, 0.25) is 0 Å². The molecule has 0 heterocycles. The normalized spacial score (nSPS) is 11.7. The maximum atomic E-state index is 11.9. The van der Waals surface area contributed by atoms with Gasteiger partial charge in [0.15, 0.2) is 0 Å². The highest BCUT2D eigenvalue weighted by Gasteiger charge is 2.23. The Balaban J connectivity index is 2.86. The van der Waals surface area contributed by atoms with E-state index in [0.717, 1.165) is 5.56 Å². The second-order valence-electron chi connectivity index (χ2n) is 4.15. The molecule has 4 heteroatoms. The van der Waals surface area contributed by atoms with E-state index in [9.17, 15) is 9.59 Å². The first-order valence-electron chi connectivity index (χ1n) is 6.15. The standard InChI is InChI=1S/C14H20N2O2/c1-4-13(17)16(11(2)14(18)15-3)10-12-8-6-5-7-9-12/h5-9,11H,4,10H2,1-3H3,(H,15,18)/t11-/m0/s1. The minimum atomic E-state index is -0.456. The van der Waals surface area contributed by atoms with Crippen LogP contribution in [0.25, 0.3) is 0 Å². The fourth-order valence-electron chi connectivity index (χ4n) is 1.77. The number of amides is 2. The lowest BCUT2D eigenvalue weighted by atomic mass is 10.1. The molecule has 0 spiro atoms. The van der Waals surface area contributed by atoms with Gasteiger partial charge in [0, 0.05) is 20.0 Å². The number of rotatable bonds is 5. The largest absolute Gasteiger partial charge is 0.357 e. The van der Waals surface area contributed by atoms with E-state index in [4.69, 9.17) is 0 Å². The Morgan fingerprint density at radius 1 is 1.28 bits per heavy atom. The number of nitrogens with one attached hydrogen (secondary N) is 1. The van der Waals surface area contributed by atoms with Crippen LogP contribution in [0.3, 0.4) is 0 Å². The summed E-state index contributed by atoms with van der Waals surface area (Å²) in [5.74, 6) is -0.164. The van der Waals surface area contributed by atoms with Crippen molar-refractivity contribution < 1.29 is 9.59 Å². The van der Waals surface area contributed by atoms with Gasteiger partial charge in [0.2, 0.25) is 11.8 Å². The second-order valence-corrected chi connectivity index (χ2v) is 4.15. The van der Waals surface area contributed by atoms with Crippen molar-refractivity contribution in [3.63, 3.8) is 0 Å². The summed E-state index contributed by atoms with van der Waals surface area (Å²) in [5, 5.41) is 2.58. The zero-order valence-corrected chi connectivity index (χ0v) is 11.1. The van der Waals surface area contributed by atoms with E-state index >= 15 is 0 Å². The van der Waals surface area contributed by atoms with Crippen molar-refractivity contribution >= 4 is 11.8 Å². The van der Waals surface area contributed by atoms with E-state index in [2.05, 4.69) is 5.32 Å². The van der Waals surface area contributed by atoms with Crippen LogP contribution in [0.4, 0.5) is 0 Å². The molecule has 4 nitrogen and oxygen atoms in total. The highest BCUT2D eigenvalue weighted by Crippen LogP contribution is 2.10. The number of nitrogens with zero attached hydrogens (tertiary/aromatic N) is 1. The van der Waals surface area contributed by atoms with E-state index in [1.165, 1.54) is 0 Å². The van der Waals surface area contributed by atoms with Gasteiger partial charge in [0.1, 0.15) is 6.04 Å². The Morgan fingerprint density at radius 3 is 2.39 bits per heavy atom. The van der Waals surface area contributed by atoms with Crippen molar-refractivity contribution in [2.24, 2.45) is 0 Å². The van der Waals surface area contributed by atoms with Crippen LogP contribution in [0, 0.1) is 0 Å². The Bertz CT molecular complexity index is 404. The lowest BCUT2D eigenvalue weighted by molar-refractivity contribution is -0.140. The van der Waals surface area contributed by atoms with E-state index in [1.807, 2.05) is 30.3 Å². The van der Waals surface area contributed by atoms with Crippen LogP contribution >= 0.6 is 0 Å². The smallest absolute Gasteiger partial charge is 0.242 e. The van der Waals surface area contributed by atoms with Crippen LogP contribution in [0.15, 0.2) is 30.3 Å². The lowest BCUT2D eigenvalue weighted by Gasteiger charge is -2.28. The van der Waals surface area contributed by atoms with Crippen LogP contribution < -0.4 is 5.32 Å². The molecule has 0 unspecified atom stereocenters. The number of hydrogen-bond acceptors (Lipinski definition) is 2. The Labute approximate surface area is 108 Å². The van der Waals surface area contributed by atoms with Gasteiger partial charge in [-0.05, 0) is 12.5 Å². The zero-order valence-electron chi connectivity index (χ0n) is 11.1. The first-order valence-corrected chi connectivity index (χ1v) is 6.15. The summed E-state index contributed by atoms with van der Waals surface area (Å²) in [4.78, 5) is 25.2. The molecule has 1 aromatic carbocycles. The fourth-order valence-corrected chi connectivity index (χ4v) is 1.77. The van der Waals surface area contributed by atoms with Crippen LogP contribution in [0.5, 0.6) is 0 Å². The molecule has 1 rings (SSSR count). The first kappa shape index (κ1) is 14.2. The molecular formula is C14H20N2O2. The molecule has 1 atom stereocenters.